The molecule has 1 heterocycles. The van der Waals surface area contributed by atoms with Gasteiger partial charge in [0.2, 0.25) is 5.91 Å². The highest BCUT2D eigenvalue weighted by atomic mass is 32.1. The van der Waals surface area contributed by atoms with Gasteiger partial charge in [-0.3, -0.25) is 4.79 Å². The smallest absolute Gasteiger partial charge is 0.322 e. The molecular formula is C27H29FN4O2S. The second kappa shape index (κ2) is 12.1. The first-order chi connectivity index (χ1) is 16.7. The maximum Gasteiger partial charge on any atom is 0.322 e. The molecule has 8 heteroatoms. The van der Waals surface area contributed by atoms with Crippen LogP contribution in [0.2, 0.25) is 0 Å². The minimum atomic E-state index is -0.406. The Morgan fingerprint density at radius 3 is 2.46 bits per heavy atom. The Morgan fingerprint density at radius 2 is 1.83 bits per heavy atom. The largest absolute Gasteiger partial charge is 0.332 e. The molecule has 0 atom stereocenters. The number of halogens is 1. The molecule has 1 aromatic heterocycles. The van der Waals surface area contributed by atoms with E-state index >= 15 is 0 Å². The molecule has 0 saturated heterocycles. The highest BCUT2D eigenvalue weighted by molar-refractivity contribution is 7.10. The van der Waals surface area contributed by atoms with Gasteiger partial charge in [-0.05, 0) is 65.7 Å². The number of benzene rings is 2. The lowest BCUT2D eigenvalue weighted by atomic mass is 10.2. The van der Waals surface area contributed by atoms with Crippen molar-refractivity contribution < 1.29 is 14.0 Å². The van der Waals surface area contributed by atoms with E-state index in [0.29, 0.717) is 30.9 Å². The molecule has 0 spiro atoms. The third-order valence-corrected chi connectivity index (χ3v) is 6.39. The highest BCUT2D eigenvalue weighted by Crippen LogP contribution is 2.20. The number of thiophene rings is 1. The zero-order valence-corrected chi connectivity index (χ0v) is 20.9. The average Bonchev–Trinajstić information content (AvgIpc) is 3.23. The average molecular weight is 493 g/mol. The van der Waals surface area contributed by atoms with Gasteiger partial charge < -0.3 is 15.1 Å². The van der Waals surface area contributed by atoms with Gasteiger partial charge in [0.05, 0.1) is 18.2 Å². The van der Waals surface area contributed by atoms with Crippen molar-refractivity contribution >= 4 is 29.0 Å². The Labute approximate surface area is 209 Å². The fourth-order valence-corrected chi connectivity index (χ4v) is 4.49. The molecule has 3 aromatic rings. The summed E-state index contributed by atoms with van der Waals surface area (Å²) < 4.78 is 13.4. The number of hydrogen-bond donors (Lipinski definition) is 1. The summed E-state index contributed by atoms with van der Waals surface area (Å²) in [5.41, 5.74) is 2.84. The molecule has 3 rings (SSSR count). The first-order valence-corrected chi connectivity index (χ1v) is 12.2. The van der Waals surface area contributed by atoms with Gasteiger partial charge in [0, 0.05) is 23.7 Å². The summed E-state index contributed by atoms with van der Waals surface area (Å²) in [6.07, 6.45) is 0. The van der Waals surface area contributed by atoms with E-state index in [-0.39, 0.29) is 24.2 Å². The van der Waals surface area contributed by atoms with Crippen molar-refractivity contribution in [3.05, 3.63) is 87.4 Å². The molecular weight excluding hydrogens is 463 g/mol. The standard InChI is InChI=1S/C27H29FN4O2S/c1-19(2)15-32(27(34)30-24-6-4-5-22(13-24)14-29)18-26(33)31(17-25-20(3)11-12-35-25)16-21-7-9-23(28)10-8-21/h4-13,19H,15-18H2,1-3H3,(H,30,34). The van der Waals surface area contributed by atoms with Gasteiger partial charge in [0.25, 0.3) is 0 Å². The van der Waals surface area contributed by atoms with Crippen molar-refractivity contribution in [2.75, 3.05) is 18.4 Å². The van der Waals surface area contributed by atoms with Gasteiger partial charge in [-0.2, -0.15) is 5.26 Å². The normalized spacial score (nSPS) is 10.6. The van der Waals surface area contributed by atoms with E-state index < -0.39 is 6.03 Å². The van der Waals surface area contributed by atoms with Gasteiger partial charge in [0.15, 0.2) is 0 Å². The van der Waals surface area contributed by atoms with Crippen molar-refractivity contribution in [2.24, 2.45) is 5.92 Å². The van der Waals surface area contributed by atoms with Gasteiger partial charge in [-0.15, -0.1) is 11.3 Å². The summed E-state index contributed by atoms with van der Waals surface area (Å²) in [4.78, 5) is 30.8. The van der Waals surface area contributed by atoms with Crippen molar-refractivity contribution in [3.8, 4) is 6.07 Å². The molecule has 0 unspecified atom stereocenters. The molecule has 0 fully saturated rings. The maximum absolute atomic E-state index is 13.5. The van der Waals surface area contributed by atoms with Crippen molar-refractivity contribution in [1.29, 1.82) is 5.26 Å². The summed E-state index contributed by atoms with van der Waals surface area (Å²) in [5.74, 6) is -0.395. The predicted molar refractivity (Wildman–Crippen MR) is 136 cm³/mol. The van der Waals surface area contributed by atoms with Gasteiger partial charge in [0.1, 0.15) is 12.4 Å². The minimum absolute atomic E-state index is 0.104. The Balaban J connectivity index is 1.79. The molecule has 0 aliphatic rings. The lowest BCUT2D eigenvalue weighted by molar-refractivity contribution is -0.133. The van der Waals surface area contributed by atoms with Crippen LogP contribution in [0.4, 0.5) is 14.9 Å². The molecule has 0 radical (unpaired) electrons. The number of carbonyl (C=O) groups excluding carboxylic acids is 2. The summed E-state index contributed by atoms with van der Waals surface area (Å²) in [5, 5.41) is 13.9. The van der Waals surface area contributed by atoms with E-state index in [9.17, 15) is 14.0 Å². The monoisotopic (exact) mass is 492 g/mol. The molecule has 1 N–H and O–H groups in total. The summed E-state index contributed by atoms with van der Waals surface area (Å²) in [7, 11) is 0. The van der Waals surface area contributed by atoms with E-state index in [2.05, 4.69) is 11.4 Å². The van der Waals surface area contributed by atoms with E-state index in [1.807, 2.05) is 32.2 Å². The second-order valence-electron chi connectivity index (χ2n) is 8.80. The quantitative estimate of drug-likeness (QED) is 0.411. The van der Waals surface area contributed by atoms with Crippen LogP contribution in [0.3, 0.4) is 0 Å². The maximum atomic E-state index is 13.5. The number of nitrogens with one attached hydrogen (secondary N) is 1. The fourth-order valence-electron chi connectivity index (χ4n) is 3.57. The van der Waals surface area contributed by atoms with Crippen LogP contribution < -0.4 is 5.32 Å². The summed E-state index contributed by atoms with van der Waals surface area (Å²) in [6.45, 7) is 6.95. The number of rotatable bonds is 9. The third kappa shape index (κ3) is 7.66. The number of nitrogens with zero attached hydrogens (tertiary/aromatic N) is 3. The second-order valence-corrected chi connectivity index (χ2v) is 9.80. The molecule has 0 aliphatic carbocycles. The molecule has 3 amide bonds. The SMILES string of the molecule is Cc1ccsc1CN(Cc1ccc(F)cc1)C(=O)CN(CC(C)C)C(=O)Nc1cccc(C#N)c1. The number of carbonyl (C=O) groups is 2. The minimum Gasteiger partial charge on any atom is -0.332 e. The highest BCUT2D eigenvalue weighted by Gasteiger charge is 2.23. The van der Waals surface area contributed by atoms with Gasteiger partial charge in [-0.1, -0.05) is 32.0 Å². The zero-order chi connectivity index (χ0) is 25.4. The number of amides is 3. The van der Waals surface area contributed by atoms with Crippen molar-refractivity contribution in [3.63, 3.8) is 0 Å². The third-order valence-electron chi connectivity index (χ3n) is 5.38. The predicted octanol–water partition coefficient (Wildman–Crippen LogP) is 5.79. The van der Waals surface area contributed by atoms with Crippen molar-refractivity contribution in [1.82, 2.24) is 9.80 Å². The van der Waals surface area contributed by atoms with Crippen LogP contribution in [0.1, 0.15) is 35.4 Å². The lowest BCUT2D eigenvalue weighted by Crippen LogP contribution is -2.45. The van der Waals surface area contributed by atoms with Gasteiger partial charge >= 0.3 is 6.03 Å². The summed E-state index contributed by atoms with van der Waals surface area (Å²) >= 11 is 1.58. The number of urea groups is 1. The Morgan fingerprint density at radius 1 is 1.09 bits per heavy atom. The number of anilines is 1. The molecule has 0 saturated carbocycles. The van der Waals surface area contributed by atoms with E-state index in [4.69, 9.17) is 5.26 Å². The van der Waals surface area contributed by atoms with Crippen LogP contribution >= 0.6 is 11.3 Å². The first kappa shape index (κ1) is 25.9. The van der Waals surface area contributed by atoms with Crippen LogP contribution in [0.5, 0.6) is 0 Å². The Kier molecular flexibility index (Phi) is 8.98. The van der Waals surface area contributed by atoms with E-state index in [1.165, 1.54) is 17.0 Å². The number of nitriles is 1. The van der Waals surface area contributed by atoms with Crippen molar-refractivity contribution in [2.45, 2.75) is 33.9 Å². The number of aryl methyl sites for hydroxylation is 1. The topological polar surface area (TPSA) is 76.4 Å². The van der Waals surface area contributed by atoms with E-state index in [0.717, 1.165) is 16.0 Å². The van der Waals surface area contributed by atoms with Crippen LogP contribution in [0.15, 0.2) is 60.0 Å². The van der Waals surface area contributed by atoms with Crippen LogP contribution in [-0.4, -0.2) is 34.8 Å². The van der Waals surface area contributed by atoms with Crippen LogP contribution in [0.25, 0.3) is 0 Å². The molecule has 6 nitrogen and oxygen atoms in total. The fraction of sp³-hybridized carbons (Fsp3) is 0.296. The molecule has 0 aliphatic heterocycles. The molecule has 35 heavy (non-hydrogen) atoms. The zero-order valence-electron chi connectivity index (χ0n) is 20.1. The van der Waals surface area contributed by atoms with Gasteiger partial charge in [-0.25, -0.2) is 9.18 Å². The Bertz CT molecular complexity index is 1200. The number of hydrogen-bond acceptors (Lipinski definition) is 4. The molecule has 0 bridgehead atoms. The van der Waals surface area contributed by atoms with Crippen LogP contribution in [-0.2, 0) is 17.9 Å². The Hall–Kier alpha value is -3.70. The van der Waals surface area contributed by atoms with Crippen LogP contribution in [0, 0.1) is 30.0 Å². The summed E-state index contributed by atoms with van der Waals surface area (Å²) in [6, 6.07) is 16.4. The lowest BCUT2D eigenvalue weighted by Gasteiger charge is -2.29. The molecule has 182 valence electrons. The molecule has 2 aromatic carbocycles. The first-order valence-electron chi connectivity index (χ1n) is 11.4. The van der Waals surface area contributed by atoms with E-state index in [1.54, 1.807) is 52.6 Å².